The van der Waals surface area contributed by atoms with Crippen LogP contribution in [0, 0.1) is 24.1 Å². The number of H-pyrrole nitrogens is 1. The summed E-state index contributed by atoms with van der Waals surface area (Å²) in [4.78, 5) is 4.64. The number of nitrogens with one attached hydrogen (secondary N) is 1. The van der Waals surface area contributed by atoms with Crippen molar-refractivity contribution in [2.75, 3.05) is 38.2 Å². The van der Waals surface area contributed by atoms with E-state index in [2.05, 4.69) is 32.1 Å². The number of hydrogen-bond acceptors (Lipinski definition) is 7. The van der Waals surface area contributed by atoms with Gasteiger partial charge in [-0.2, -0.15) is 5.26 Å². The van der Waals surface area contributed by atoms with E-state index in [9.17, 15) is 9.65 Å². The van der Waals surface area contributed by atoms with Gasteiger partial charge in [-0.1, -0.05) is 6.07 Å². The van der Waals surface area contributed by atoms with Gasteiger partial charge < -0.3 is 20.1 Å². The van der Waals surface area contributed by atoms with Gasteiger partial charge in [0.25, 0.3) is 0 Å². The zero-order valence-electron chi connectivity index (χ0n) is 19.7. The van der Waals surface area contributed by atoms with Gasteiger partial charge in [-0.3, -0.25) is 10.00 Å². The Balaban J connectivity index is 1.39. The zero-order chi connectivity index (χ0) is 24.5. The molecule has 0 bridgehead atoms. The summed E-state index contributed by atoms with van der Waals surface area (Å²) in [7, 11) is 1.66. The number of rotatable bonds is 5. The van der Waals surface area contributed by atoms with Crippen LogP contribution in [0.1, 0.15) is 28.3 Å². The zero-order valence-corrected chi connectivity index (χ0v) is 19.7. The largest absolute Gasteiger partial charge is 0.496 e. The highest BCUT2D eigenvalue weighted by Gasteiger charge is 2.34. The fourth-order valence-electron chi connectivity index (χ4n) is 4.89. The van der Waals surface area contributed by atoms with Gasteiger partial charge in [0, 0.05) is 55.2 Å². The molecule has 0 spiro atoms. The predicted molar refractivity (Wildman–Crippen MR) is 130 cm³/mol. The van der Waals surface area contributed by atoms with Crippen LogP contribution < -0.4 is 20.1 Å². The molecule has 8 nitrogen and oxygen atoms in total. The van der Waals surface area contributed by atoms with Crippen LogP contribution in [0.25, 0.3) is 0 Å². The number of aryl methyl sites for hydroxylation is 1. The Bertz CT molecular complexity index is 1300. The van der Waals surface area contributed by atoms with Crippen LogP contribution in [-0.4, -0.2) is 48.4 Å². The van der Waals surface area contributed by atoms with Crippen molar-refractivity contribution < 1.29 is 13.9 Å². The summed E-state index contributed by atoms with van der Waals surface area (Å²) in [5.41, 5.74) is 11.1. The molecule has 5 rings (SSSR count). The lowest BCUT2D eigenvalue weighted by atomic mass is 9.83. The van der Waals surface area contributed by atoms with Gasteiger partial charge in [0.1, 0.15) is 23.2 Å². The van der Waals surface area contributed by atoms with Gasteiger partial charge in [-0.15, -0.1) is 5.10 Å². The molecule has 1 saturated heterocycles. The van der Waals surface area contributed by atoms with Gasteiger partial charge >= 0.3 is 0 Å². The highest BCUT2D eigenvalue weighted by atomic mass is 19.1. The average molecular weight is 475 g/mol. The molecule has 2 aliphatic heterocycles. The van der Waals surface area contributed by atoms with E-state index in [0.717, 1.165) is 60.0 Å². The van der Waals surface area contributed by atoms with Crippen LogP contribution in [0.15, 0.2) is 53.9 Å². The minimum atomic E-state index is -0.373. The van der Waals surface area contributed by atoms with E-state index >= 15 is 0 Å². The van der Waals surface area contributed by atoms with Crippen LogP contribution in [0.3, 0.4) is 0 Å². The molecule has 0 amide bonds. The van der Waals surface area contributed by atoms with E-state index in [0.29, 0.717) is 18.0 Å². The highest BCUT2D eigenvalue weighted by Crippen LogP contribution is 2.43. The normalized spacial score (nSPS) is 18.1. The van der Waals surface area contributed by atoms with Crippen molar-refractivity contribution >= 4 is 5.69 Å². The third kappa shape index (κ3) is 4.29. The van der Waals surface area contributed by atoms with E-state index in [-0.39, 0.29) is 17.6 Å². The predicted octanol–water partition coefficient (Wildman–Crippen LogP) is 3.41. The Morgan fingerprint density at radius 1 is 1.20 bits per heavy atom. The third-order valence-electron chi connectivity index (χ3n) is 6.73. The maximum absolute atomic E-state index is 13.3. The van der Waals surface area contributed by atoms with Crippen molar-refractivity contribution in [3.05, 3.63) is 82.1 Å². The van der Waals surface area contributed by atoms with Gasteiger partial charge in [0.15, 0.2) is 0 Å². The molecule has 0 radical (unpaired) electrons. The average Bonchev–Trinajstić information content (AvgIpc) is 3.24. The van der Waals surface area contributed by atoms with Crippen LogP contribution in [0.5, 0.6) is 11.6 Å². The summed E-state index contributed by atoms with van der Waals surface area (Å²) in [6.45, 7) is 6.04. The monoisotopic (exact) mass is 474 g/mol. The standard InChI is InChI=1S/C26H27FN6O2/c1-16-23-24(21(14-28)25(29)35-26(23)31-30-16)17-3-8-22(34-2)18(13-17)15-32-9-11-33(12-10-32)20-6-4-19(27)5-7-20/h3-8,13,24H,9-12,15,29H2,1-2H3,(H,30,31)/t24-/m0/s1. The number of fused-ring (bicyclic) bond motifs is 1. The minimum Gasteiger partial charge on any atom is -0.496 e. The number of nitriles is 1. The Labute approximate surface area is 203 Å². The SMILES string of the molecule is COc1ccc([C@H]2C(C#N)=C(N)Oc3n[nH]c(C)c32)cc1CN1CCN(c2ccc(F)cc2)CC1. The maximum atomic E-state index is 13.3. The van der Waals surface area contributed by atoms with Crippen molar-refractivity contribution in [3.8, 4) is 17.7 Å². The molecule has 0 aliphatic carbocycles. The van der Waals surface area contributed by atoms with Gasteiger partial charge in [-0.05, 0) is 48.9 Å². The summed E-state index contributed by atoms with van der Waals surface area (Å²) in [5, 5.41) is 17.0. The van der Waals surface area contributed by atoms with Crippen molar-refractivity contribution in [2.24, 2.45) is 5.73 Å². The van der Waals surface area contributed by atoms with Crippen LogP contribution in [0.4, 0.5) is 10.1 Å². The number of aromatic nitrogens is 2. The Morgan fingerprint density at radius 3 is 2.63 bits per heavy atom. The number of benzene rings is 2. The molecule has 35 heavy (non-hydrogen) atoms. The van der Waals surface area contributed by atoms with E-state index in [1.807, 2.05) is 31.2 Å². The van der Waals surface area contributed by atoms with Crippen LogP contribution >= 0.6 is 0 Å². The van der Waals surface area contributed by atoms with Crippen molar-refractivity contribution in [1.82, 2.24) is 15.1 Å². The smallest absolute Gasteiger partial charge is 0.244 e. The summed E-state index contributed by atoms with van der Waals surface area (Å²) in [6, 6.07) is 14.9. The molecule has 1 fully saturated rings. The summed E-state index contributed by atoms with van der Waals surface area (Å²) in [6.07, 6.45) is 0. The van der Waals surface area contributed by atoms with Crippen molar-refractivity contribution in [3.63, 3.8) is 0 Å². The molecule has 3 N–H and O–H groups in total. The van der Waals surface area contributed by atoms with Gasteiger partial charge in [0.05, 0.1) is 13.0 Å². The summed E-state index contributed by atoms with van der Waals surface area (Å²) in [5.74, 6) is 0.672. The number of anilines is 1. The molecule has 9 heteroatoms. The number of allylic oxidation sites excluding steroid dienone is 1. The fourth-order valence-corrected chi connectivity index (χ4v) is 4.89. The third-order valence-corrected chi connectivity index (χ3v) is 6.73. The number of piperazine rings is 1. The van der Waals surface area contributed by atoms with Gasteiger partial charge in [-0.25, -0.2) is 4.39 Å². The lowest BCUT2D eigenvalue weighted by Crippen LogP contribution is -2.46. The van der Waals surface area contributed by atoms with E-state index in [1.54, 1.807) is 7.11 Å². The molecule has 3 aromatic rings. The van der Waals surface area contributed by atoms with E-state index in [4.69, 9.17) is 15.2 Å². The lowest BCUT2D eigenvalue weighted by Gasteiger charge is -2.36. The lowest BCUT2D eigenvalue weighted by molar-refractivity contribution is 0.246. The molecular formula is C26H27FN6O2. The number of nitrogens with two attached hydrogens (primary N) is 1. The highest BCUT2D eigenvalue weighted by molar-refractivity contribution is 5.56. The first-order valence-electron chi connectivity index (χ1n) is 11.5. The molecule has 2 aromatic carbocycles. The first-order chi connectivity index (χ1) is 17.0. The van der Waals surface area contributed by atoms with Crippen molar-refractivity contribution in [2.45, 2.75) is 19.4 Å². The Morgan fingerprint density at radius 2 is 1.94 bits per heavy atom. The molecule has 1 aromatic heterocycles. The molecular weight excluding hydrogens is 447 g/mol. The number of ether oxygens (including phenoxy) is 2. The van der Waals surface area contributed by atoms with E-state index in [1.165, 1.54) is 12.1 Å². The molecule has 3 heterocycles. The first kappa shape index (κ1) is 22.7. The topological polar surface area (TPSA) is 103 Å². The second-order valence-corrected chi connectivity index (χ2v) is 8.80. The maximum Gasteiger partial charge on any atom is 0.244 e. The van der Waals surface area contributed by atoms with E-state index < -0.39 is 0 Å². The second kappa shape index (κ2) is 9.31. The quantitative estimate of drug-likeness (QED) is 0.584. The molecule has 2 aliphatic rings. The number of aromatic amines is 1. The minimum absolute atomic E-state index is 0.0748. The summed E-state index contributed by atoms with van der Waals surface area (Å²) < 4.78 is 24.5. The fraction of sp³-hybridized carbons (Fsp3) is 0.308. The Hall–Kier alpha value is -4.03. The number of hydrogen-bond donors (Lipinski definition) is 2. The Kier molecular flexibility index (Phi) is 6.05. The number of methoxy groups -OCH3 is 1. The summed E-state index contributed by atoms with van der Waals surface area (Å²) >= 11 is 0. The molecule has 1 atom stereocenters. The first-order valence-corrected chi connectivity index (χ1v) is 11.5. The van der Waals surface area contributed by atoms with Crippen LogP contribution in [0.2, 0.25) is 0 Å². The second-order valence-electron chi connectivity index (χ2n) is 8.80. The molecule has 180 valence electrons. The van der Waals surface area contributed by atoms with Crippen molar-refractivity contribution in [1.29, 1.82) is 5.26 Å². The molecule has 0 saturated carbocycles. The number of nitrogens with zero attached hydrogens (tertiary/aromatic N) is 4. The number of halogens is 1. The van der Waals surface area contributed by atoms with Crippen LogP contribution in [-0.2, 0) is 6.54 Å². The van der Waals surface area contributed by atoms with Gasteiger partial charge in [0.2, 0.25) is 11.8 Å². The molecule has 0 unspecified atom stereocenters.